The molecule has 0 amide bonds. The van der Waals surface area contributed by atoms with Crippen molar-refractivity contribution < 1.29 is 0 Å². The lowest BCUT2D eigenvalue weighted by Gasteiger charge is -2.17. The molecule has 3 rings (SSSR count). The lowest BCUT2D eigenvalue weighted by Crippen LogP contribution is -2.23. The van der Waals surface area contributed by atoms with Crippen molar-refractivity contribution >= 4 is 11.6 Å². The van der Waals surface area contributed by atoms with Gasteiger partial charge in [0.15, 0.2) is 0 Å². The Morgan fingerprint density at radius 3 is 2.83 bits per heavy atom. The minimum absolute atomic E-state index is 0.730. The van der Waals surface area contributed by atoms with Crippen LogP contribution in [0.1, 0.15) is 11.4 Å². The van der Waals surface area contributed by atoms with Crippen molar-refractivity contribution in [2.45, 2.75) is 20.0 Å². The predicted octanol–water partition coefficient (Wildman–Crippen LogP) is 3.38. The molecule has 0 aliphatic rings. The van der Waals surface area contributed by atoms with E-state index in [1.165, 1.54) is 5.56 Å². The molecule has 2 aromatic heterocycles. The Bertz CT molecular complexity index is 820. The Kier molecular flexibility index (Phi) is 5.02. The first kappa shape index (κ1) is 16.7. The van der Waals surface area contributed by atoms with Crippen molar-refractivity contribution in [1.82, 2.24) is 24.2 Å². The Morgan fingerprint density at radius 1 is 1.29 bits per heavy atom. The molecule has 0 aliphatic heterocycles. The van der Waals surface area contributed by atoms with Gasteiger partial charge in [0.05, 0.1) is 5.69 Å². The normalized spacial score (nSPS) is 11.4. The number of aryl methyl sites for hydroxylation is 2. The van der Waals surface area contributed by atoms with Crippen molar-refractivity contribution in [3.8, 4) is 11.3 Å². The molecular formula is C18H22ClN5. The molecule has 0 spiro atoms. The minimum atomic E-state index is 0.730. The van der Waals surface area contributed by atoms with E-state index in [9.17, 15) is 0 Å². The van der Waals surface area contributed by atoms with Gasteiger partial charge in [-0.25, -0.2) is 4.98 Å². The van der Waals surface area contributed by atoms with Crippen LogP contribution >= 0.6 is 11.6 Å². The molecule has 0 atom stereocenters. The first-order chi connectivity index (χ1) is 11.5. The van der Waals surface area contributed by atoms with Crippen LogP contribution in [-0.2, 0) is 20.1 Å². The highest BCUT2D eigenvalue weighted by molar-refractivity contribution is 6.30. The zero-order valence-corrected chi connectivity index (χ0v) is 15.0. The van der Waals surface area contributed by atoms with Crippen LogP contribution in [0.3, 0.4) is 0 Å². The van der Waals surface area contributed by atoms with Crippen molar-refractivity contribution in [2.24, 2.45) is 7.05 Å². The topological polar surface area (TPSA) is 38.9 Å². The van der Waals surface area contributed by atoms with Gasteiger partial charge in [0.1, 0.15) is 5.82 Å². The third kappa shape index (κ3) is 3.86. The fourth-order valence-corrected chi connectivity index (χ4v) is 3.01. The maximum Gasteiger partial charge on any atom is 0.105 e. The molecule has 0 saturated carbocycles. The molecule has 0 aliphatic carbocycles. The smallest absolute Gasteiger partial charge is 0.105 e. The fourth-order valence-electron chi connectivity index (χ4n) is 2.82. The molecule has 0 unspecified atom stereocenters. The molecule has 1 aromatic carbocycles. The van der Waals surface area contributed by atoms with Crippen LogP contribution in [0.2, 0.25) is 5.02 Å². The largest absolute Gasteiger partial charge is 0.334 e. The predicted molar refractivity (Wildman–Crippen MR) is 97.0 cm³/mol. The highest BCUT2D eigenvalue weighted by atomic mass is 35.5. The summed E-state index contributed by atoms with van der Waals surface area (Å²) in [5.41, 5.74) is 3.24. The molecule has 2 heterocycles. The molecule has 6 heteroatoms. The molecule has 0 N–H and O–H groups in total. The average Bonchev–Trinajstić information content (AvgIpc) is 3.11. The van der Waals surface area contributed by atoms with E-state index < -0.39 is 0 Å². The summed E-state index contributed by atoms with van der Waals surface area (Å²) in [6.45, 7) is 4.73. The van der Waals surface area contributed by atoms with Gasteiger partial charge in [-0.3, -0.25) is 4.68 Å². The molecule has 3 aromatic rings. The quantitative estimate of drug-likeness (QED) is 0.688. The lowest BCUT2D eigenvalue weighted by molar-refractivity contribution is 0.310. The summed E-state index contributed by atoms with van der Waals surface area (Å²) in [5, 5.41) is 5.35. The summed E-state index contributed by atoms with van der Waals surface area (Å²) in [4.78, 5) is 6.56. The van der Waals surface area contributed by atoms with Gasteiger partial charge in [-0.2, -0.15) is 5.10 Å². The van der Waals surface area contributed by atoms with Crippen LogP contribution in [0.5, 0.6) is 0 Å². The average molecular weight is 344 g/mol. The van der Waals surface area contributed by atoms with Gasteiger partial charge in [-0.05, 0) is 26.1 Å². The standard InChI is InChI=1S/C18H22ClN5/c1-14-20-7-8-24(14)10-9-22(2)12-16-13-23(3)21-18(16)15-5-4-6-17(19)11-15/h4-8,11,13H,9-10,12H2,1-3H3. The van der Waals surface area contributed by atoms with Crippen LogP contribution in [-0.4, -0.2) is 37.8 Å². The van der Waals surface area contributed by atoms with Gasteiger partial charge in [0.25, 0.3) is 0 Å². The fraction of sp³-hybridized carbons (Fsp3) is 0.333. The first-order valence-corrected chi connectivity index (χ1v) is 8.35. The van der Waals surface area contributed by atoms with Crippen molar-refractivity contribution in [1.29, 1.82) is 0 Å². The second-order valence-electron chi connectivity index (χ2n) is 6.09. The van der Waals surface area contributed by atoms with Gasteiger partial charge >= 0.3 is 0 Å². The number of rotatable bonds is 6. The van der Waals surface area contributed by atoms with Crippen molar-refractivity contribution in [3.05, 3.63) is 59.3 Å². The number of hydrogen-bond acceptors (Lipinski definition) is 3. The monoisotopic (exact) mass is 343 g/mol. The third-order valence-corrected chi connectivity index (χ3v) is 4.32. The number of hydrogen-bond donors (Lipinski definition) is 0. The number of halogens is 1. The summed E-state index contributed by atoms with van der Waals surface area (Å²) < 4.78 is 4.02. The van der Waals surface area contributed by atoms with E-state index in [4.69, 9.17) is 11.6 Å². The molecule has 126 valence electrons. The molecule has 0 bridgehead atoms. The second-order valence-corrected chi connectivity index (χ2v) is 6.53. The Labute approximate surface area is 147 Å². The number of nitrogens with zero attached hydrogens (tertiary/aromatic N) is 5. The zero-order chi connectivity index (χ0) is 17.1. The van der Waals surface area contributed by atoms with Crippen LogP contribution in [0.4, 0.5) is 0 Å². The number of benzene rings is 1. The molecular weight excluding hydrogens is 322 g/mol. The van der Waals surface area contributed by atoms with Crippen LogP contribution < -0.4 is 0 Å². The lowest BCUT2D eigenvalue weighted by atomic mass is 10.1. The summed E-state index contributed by atoms with van der Waals surface area (Å²) in [7, 11) is 4.08. The highest BCUT2D eigenvalue weighted by Crippen LogP contribution is 2.25. The summed E-state index contributed by atoms with van der Waals surface area (Å²) in [6.07, 6.45) is 5.94. The number of imidazole rings is 1. The van der Waals surface area contributed by atoms with Crippen molar-refractivity contribution in [2.75, 3.05) is 13.6 Å². The second kappa shape index (κ2) is 7.20. The van der Waals surface area contributed by atoms with Gasteiger partial charge in [-0.15, -0.1) is 0 Å². The summed E-state index contributed by atoms with van der Waals surface area (Å²) in [5.74, 6) is 1.05. The van der Waals surface area contributed by atoms with E-state index in [0.29, 0.717) is 0 Å². The minimum Gasteiger partial charge on any atom is -0.334 e. The molecule has 0 saturated heterocycles. The third-order valence-electron chi connectivity index (χ3n) is 4.09. The first-order valence-electron chi connectivity index (χ1n) is 7.97. The van der Waals surface area contributed by atoms with Gasteiger partial charge in [0, 0.05) is 61.4 Å². The van der Waals surface area contributed by atoms with Gasteiger partial charge in [0.2, 0.25) is 0 Å². The molecule has 0 radical (unpaired) electrons. The van der Waals surface area contributed by atoms with Gasteiger partial charge in [-0.1, -0.05) is 23.7 Å². The molecule has 0 fully saturated rings. The molecule has 24 heavy (non-hydrogen) atoms. The van der Waals surface area contributed by atoms with Crippen LogP contribution in [0.15, 0.2) is 42.9 Å². The Hall–Kier alpha value is -2.11. The maximum absolute atomic E-state index is 6.13. The number of aromatic nitrogens is 4. The van der Waals surface area contributed by atoms with E-state index in [-0.39, 0.29) is 0 Å². The highest BCUT2D eigenvalue weighted by Gasteiger charge is 2.12. The summed E-state index contributed by atoms with van der Waals surface area (Å²) >= 11 is 6.13. The van der Waals surface area contributed by atoms with E-state index >= 15 is 0 Å². The number of likely N-dealkylation sites (N-methyl/N-ethyl adjacent to an activating group) is 1. The van der Waals surface area contributed by atoms with Crippen LogP contribution in [0.25, 0.3) is 11.3 Å². The summed E-state index contributed by atoms with van der Waals surface area (Å²) in [6, 6.07) is 7.85. The van der Waals surface area contributed by atoms with Crippen molar-refractivity contribution in [3.63, 3.8) is 0 Å². The van der Waals surface area contributed by atoms with E-state index in [0.717, 1.165) is 41.7 Å². The maximum atomic E-state index is 6.13. The van der Waals surface area contributed by atoms with E-state index in [2.05, 4.69) is 32.8 Å². The van der Waals surface area contributed by atoms with E-state index in [1.54, 1.807) is 0 Å². The van der Waals surface area contributed by atoms with Crippen LogP contribution in [0, 0.1) is 6.92 Å². The SMILES string of the molecule is Cc1nccn1CCN(C)Cc1cn(C)nc1-c1cccc(Cl)c1. The zero-order valence-electron chi connectivity index (χ0n) is 14.3. The Morgan fingerprint density at radius 2 is 2.12 bits per heavy atom. The Balaban J connectivity index is 1.72. The van der Waals surface area contributed by atoms with Gasteiger partial charge < -0.3 is 9.47 Å². The van der Waals surface area contributed by atoms with E-state index in [1.807, 2.05) is 55.3 Å². The molecule has 5 nitrogen and oxygen atoms in total.